The van der Waals surface area contributed by atoms with Crippen LogP contribution in [-0.4, -0.2) is 0 Å². The molecule has 1 aromatic rings. The van der Waals surface area contributed by atoms with E-state index in [0.29, 0.717) is 11.5 Å². The van der Waals surface area contributed by atoms with Crippen molar-refractivity contribution in [1.29, 1.82) is 0 Å². The highest BCUT2D eigenvalue weighted by Crippen LogP contribution is 2.41. The van der Waals surface area contributed by atoms with Gasteiger partial charge >= 0.3 is 0 Å². The van der Waals surface area contributed by atoms with E-state index in [9.17, 15) is 4.39 Å². The molecule has 0 aromatic heterocycles. The lowest BCUT2D eigenvalue weighted by Crippen LogP contribution is -2.20. The second kappa shape index (κ2) is 3.93. The average Bonchev–Trinajstić information content (AvgIpc) is 3.03. The first-order chi connectivity index (χ1) is 7.09. The van der Waals surface area contributed by atoms with Crippen LogP contribution in [0.4, 0.5) is 4.39 Å². The molecule has 1 aliphatic carbocycles. The van der Waals surface area contributed by atoms with Crippen molar-refractivity contribution in [3.63, 3.8) is 0 Å². The summed E-state index contributed by atoms with van der Waals surface area (Å²) in [6.45, 7) is 3.94. The molecular formula is C13H18FN. The van der Waals surface area contributed by atoms with Crippen molar-refractivity contribution in [2.45, 2.75) is 32.7 Å². The van der Waals surface area contributed by atoms with Crippen molar-refractivity contribution >= 4 is 0 Å². The first kappa shape index (κ1) is 10.6. The topological polar surface area (TPSA) is 26.0 Å². The van der Waals surface area contributed by atoms with E-state index in [4.69, 9.17) is 5.73 Å². The van der Waals surface area contributed by atoms with Gasteiger partial charge < -0.3 is 5.73 Å². The molecule has 0 bridgehead atoms. The second-order valence-corrected chi connectivity index (χ2v) is 4.73. The summed E-state index contributed by atoms with van der Waals surface area (Å²) in [5, 5.41) is 0. The highest BCUT2D eigenvalue weighted by atomic mass is 19.1. The van der Waals surface area contributed by atoms with Crippen LogP contribution in [0.15, 0.2) is 18.2 Å². The summed E-state index contributed by atoms with van der Waals surface area (Å²) >= 11 is 0. The van der Waals surface area contributed by atoms with Gasteiger partial charge in [0.15, 0.2) is 0 Å². The minimum absolute atomic E-state index is 0.0207. The fraction of sp³-hybridized carbons (Fsp3) is 0.538. The van der Waals surface area contributed by atoms with E-state index in [-0.39, 0.29) is 11.9 Å². The Kier molecular flexibility index (Phi) is 2.79. The minimum atomic E-state index is -0.147. The average molecular weight is 207 g/mol. The quantitative estimate of drug-likeness (QED) is 0.809. The summed E-state index contributed by atoms with van der Waals surface area (Å²) < 4.78 is 13.4. The molecular weight excluding hydrogens is 189 g/mol. The monoisotopic (exact) mass is 207 g/mol. The molecule has 82 valence electrons. The van der Waals surface area contributed by atoms with E-state index >= 15 is 0 Å². The molecule has 0 aliphatic heterocycles. The molecule has 1 aromatic carbocycles. The van der Waals surface area contributed by atoms with Gasteiger partial charge in [-0.3, -0.25) is 0 Å². The Morgan fingerprint density at radius 2 is 2.07 bits per heavy atom. The van der Waals surface area contributed by atoms with Crippen LogP contribution in [-0.2, 0) is 0 Å². The normalized spacial score (nSPS) is 20.0. The lowest BCUT2D eigenvalue weighted by molar-refractivity contribution is 0.416. The number of halogens is 1. The summed E-state index contributed by atoms with van der Waals surface area (Å²) in [5.74, 6) is 1.07. The maximum absolute atomic E-state index is 13.4. The zero-order valence-electron chi connectivity index (χ0n) is 9.33. The molecule has 15 heavy (non-hydrogen) atoms. The molecule has 0 saturated heterocycles. The number of aryl methyl sites for hydroxylation is 1. The Morgan fingerprint density at radius 1 is 1.40 bits per heavy atom. The fourth-order valence-electron chi connectivity index (χ4n) is 2.04. The van der Waals surface area contributed by atoms with Crippen LogP contribution in [0.3, 0.4) is 0 Å². The molecule has 1 nitrogen and oxygen atoms in total. The Hall–Kier alpha value is -0.890. The van der Waals surface area contributed by atoms with E-state index in [2.05, 4.69) is 6.92 Å². The van der Waals surface area contributed by atoms with Gasteiger partial charge in [-0.15, -0.1) is 0 Å². The van der Waals surface area contributed by atoms with E-state index in [1.807, 2.05) is 12.1 Å². The third-order valence-electron chi connectivity index (χ3n) is 3.51. The first-order valence-corrected chi connectivity index (χ1v) is 5.61. The van der Waals surface area contributed by atoms with Gasteiger partial charge in [0.1, 0.15) is 5.82 Å². The van der Waals surface area contributed by atoms with Gasteiger partial charge in [0, 0.05) is 6.04 Å². The van der Waals surface area contributed by atoms with Crippen LogP contribution in [0.25, 0.3) is 0 Å². The van der Waals surface area contributed by atoms with Gasteiger partial charge in [0.25, 0.3) is 0 Å². The molecule has 2 rings (SSSR count). The van der Waals surface area contributed by atoms with Crippen molar-refractivity contribution in [1.82, 2.24) is 0 Å². The van der Waals surface area contributed by atoms with Crippen molar-refractivity contribution in [3.05, 3.63) is 35.1 Å². The highest BCUT2D eigenvalue weighted by Gasteiger charge is 2.32. The molecule has 2 unspecified atom stereocenters. The molecule has 1 aliphatic rings. The number of benzene rings is 1. The number of hydrogen-bond donors (Lipinski definition) is 1. The smallest absolute Gasteiger partial charge is 0.126 e. The van der Waals surface area contributed by atoms with Crippen LogP contribution < -0.4 is 5.73 Å². The summed E-state index contributed by atoms with van der Waals surface area (Å²) in [7, 11) is 0. The molecule has 1 saturated carbocycles. The number of rotatable bonds is 3. The largest absolute Gasteiger partial charge is 0.324 e. The second-order valence-electron chi connectivity index (χ2n) is 4.73. The first-order valence-electron chi connectivity index (χ1n) is 5.61. The van der Waals surface area contributed by atoms with E-state index < -0.39 is 0 Å². The Balaban J connectivity index is 2.17. The predicted octanol–water partition coefficient (Wildman–Crippen LogP) is 3.18. The third kappa shape index (κ3) is 2.20. The van der Waals surface area contributed by atoms with Gasteiger partial charge in [-0.05, 0) is 48.8 Å². The third-order valence-corrected chi connectivity index (χ3v) is 3.51. The van der Waals surface area contributed by atoms with Crippen molar-refractivity contribution < 1.29 is 4.39 Å². The maximum atomic E-state index is 13.4. The number of nitrogens with two attached hydrogens (primary N) is 1. The zero-order chi connectivity index (χ0) is 11.0. The molecule has 0 spiro atoms. The van der Waals surface area contributed by atoms with Gasteiger partial charge in [0.05, 0.1) is 0 Å². The summed E-state index contributed by atoms with van der Waals surface area (Å²) in [4.78, 5) is 0. The molecule has 2 N–H and O–H groups in total. The number of hydrogen-bond acceptors (Lipinski definition) is 1. The highest BCUT2D eigenvalue weighted by molar-refractivity contribution is 5.26. The Morgan fingerprint density at radius 3 is 2.60 bits per heavy atom. The SMILES string of the molecule is Cc1ccc(C(N)C(C)C2CC2)cc1F. The van der Waals surface area contributed by atoms with Gasteiger partial charge in [0.2, 0.25) is 0 Å². The van der Waals surface area contributed by atoms with Gasteiger partial charge in [-0.25, -0.2) is 4.39 Å². The Bertz CT molecular complexity index is 358. The van der Waals surface area contributed by atoms with Crippen LogP contribution >= 0.6 is 0 Å². The summed E-state index contributed by atoms with van der Waals surface area (Å²) in [5.41, 5.74) is 7.75. The molecule has 0 radical (unpaired) electrons. The van der Waals surface area contributed by atoms with Crippen molar-refractivity contribution in [3.8, 4) is 0 Å². The molecule has 0 heterocycles. The Labute approximate surface area is 90.5 Å². The van der Waals surface area contributed by atoms with Crippen LogP contribution in [0.1, 0.15) is 36.9 Å². The minimum Gasteiger partial charge on any atom is -0.324 e. The van der Waals surface area contributed by atoms with Crippen molar-refractivity contribution in [2.24, 2.45) is 17.6 Å². The summed E-state index contributed by atoms with van der Waals surface area (Å²) in [6, 6.07) is 5.32. The van der Waals surface area contributed by atoms with Crippen LogP contribution in [0.5, 0.6) is 0 Å². The lowest BCUT2D eigenvalue weighted by Gasteiger charge is -2.20. The molecule has 2 heteroatoms. The van der Waals surface area contributed by atoms with E-state index in [0.717, 1.165) is 11.5 Å². The fourth-order valence-corrected chi connectivity index (χ4v) is 2.04. The van der Waals surface area contributed by atoms with E-state index in [1.165, 1.54) is 12.8 Å². The predicted molar refractivity (Wildman–Crippen MR) is 60.0 cm³/mol. The van der Waals surface area contributed by atoms with Crippen LogP contribution in [0, 0.1) is 24.6 Å². The van der Waals surface area contributed by atoms with Gasteiger partial charge in [-0.1, -0.05) is 19.1 Å². The maximum Gasteiger partial charge on any atom is 0.126 e. The van der Waals surface area contributed by atoms with Gasteiger partial charge in [-0.2, -0.15) is 0 Å². The van der Waals surface area contributed by atoms with Crippen molar-refractivity contribution in [2.75, 3.05) is 0 Å². The molecule has 2 atom stereocenters. The molecule has 0 amide bonds. The van der Waals surface area contributed by atoms with Crippen LogP contribution in [0.2, 0.25) is 0 Å². The lowest BCUT2D eigenvalue weighted by atomic mass is 9.91. The van der Waals surface area contributed by atoms with E-state index in [1.54, 1.807) is 13.0 Å². The zero-order valence-corrected chi connectivity index (χ0v) is 9.33. The molecule has 1 fully saturated rings. The summed E-state index contributed by atoms with van der Waals surface area (Å²) in [6.07, 6.45) is 2.56. The standard InChI is InChI=1S/C13H18FN/c1-8-3-4-11(7-12(8)14)13(15)9(2)10-5-6-10/h3-4,7,9-10,13H,5-6,15H2,1-2H3.